The fourth-order valence-electron chi connectivity index (χ4n) is 9.79. The van der Waals surface area contributed by atoms with E-state index in [0.29, 0.717) is 19.3 Å². The molecule has 0 aliphatic carbocycles. The molecule has 6 unspecified atom stereocenters. The van der Waals surface area contributed by atoms with Crippen molar-refractivity contribution < 1.29 is 58.2 Å². The van der Waals surface area contributed by atoms with Gasteiger partial charge < -0.3 is 39.0 Å². The number of rotatable bonds is 55. The van der Waals surface area contributed by atoms with Crippen LogP contribution in [-0.4, -0.2) is 89.2 Å². The molecule has 448 valence electrons. The van der Waals surface area contributed by atoms with Crippen LogP contribution in [0.4, 0.5) is 0 Å². The summed E-state index contributed by atoms with van der Waals surface area (Å²) in [6, 6.07) is 0. The first kappa shape index (κ1) is 72.0. The number of aliphatic carboxylic acids is 1. The van der Waals surface area contributed by atoms with Crippen LogP contribution in [0.2, 0.25) is 0 Å². The molecule has 0 aromatic rings. The summed E-state index contributed by atoms with van der Waals surface area (Å²) >= 11 is 0. The van der Waals surface area contributed by atoms with E-state index < -0.39 is 67.3 Å². The fourth-order valence-corrected chi connectivity index (χ4v) is 9.79. The van der Waals surface area contributed by atoms with E-state index in [9.17, 15) is 34.5 Å². The van der Waals surface area contributed by atoms with Gasteiger partial charge in [-0.3, -0.25) is 14.4 Å². The molecule has 6 atom stereocenters. The predicted molar refractivity (Wildman–Crippen MR) is 313 cm³/mol. The second kappa shape index (κ2) is 53.6. The number of carboxylic acids is 1. The second-order valence-corrected chi connectivity index (χ2v) is 22.1. The van der Waals surface area contributed by atoms with Crippen LogP contribution in [0.25, 0.3) is 0 Å². The van der Waals surface area contributed by atoms with Crippen molar-refractivity contribution in [1.29, 1.82) is 0 Å². The van der Waals surface area contributed by atoms with Gasteiger partial charge >= 0.3 is 23.9 Å². The van der Waals surface area contributed by atoms with E-state index >= 15 is 0 Å². The number of hydrogen-bond acceptors (Lipinski definition) is 11. The first-order valence-corrected chi connectivity index (χ1v) is 32.0. The molecule has 0 aromatic carbocycles. The third kappa shape index (κ3) is 43.4. The minimum Gasteiger partial charge on any atom is -0.479 e. The standard InChI is InChI=1S/C65H116O12/c1-4-7-10-13-16-19-22-25-27-28-29-30-32-34-36-39-42-45-48-51-57(66)73-54-56(75-58(67)52-49-46-43-40-38-35-31-26-23-20-17-14-11-8-5-2)55-74-65-63(61(70)60(69)62(77-65)64(71)72)76-59(68)53-50-47-44-41-37-33-24-21-18-15-12-9-6-3/h16,19,25,27,29-30,56,60-63,65,69-70H,4-15,17-18,20-24,26,28,31-55H2,1-3H3,(H,71,72)/b19-16-,27-25-,30-29-. The Hall–Kier alpha value is -3.06. The van der Waals surface area contributed by atoms with Gasteiger partial charge in [-0.1, -0.05) is 263 Å². The van der Waals surface area contributed by atoms with Gasteiger partial charge in [0, 0.05) is 19.3 Å². The lowest BCUT2D eigenvalue weighted by Crippen LogP contribution is -2.61. The van der Waals surface area contributed by atoms with Gasteiger partial charge in [0.1, 0.15) is 18.8 Å². The Kier molecular flexibility index (Phi) is 50.1. The van der Waals surface area contributed by atoms with E-state index in [2.05, 4.69) is 57.2 Å². The molecule has 77 heavy (non-hydrogen) atoms. The fraction of sp³-hybridized carbons (Fsp3) is 0.846. The summed E-state index contributed by atoms with van der Waals surface area (Å²) < 4.78 is 28.5. The van der Waals surface area contributed by atoms with Crippen molar-refractivity contribution in [3.63, 3.8) is 0 Å². The summed E-state index contributed by atoms with van der Waals surface area (Å²) in [4.78, 5) is 51.2. The smallest absolute Gasteiger partial charge is 0.335 e. The van der Waals surface area contributed by atoms with Crippen LogP contribution in [0.15, 0.2) is 36.5 Å². The van der Waals surface area contributed by atoms with Crippen LogP contribution in [-0.2, 0) is 42.9 Å². The second-order valence-electron chi connectivity index (χ2n) is 22.1. The number of carboxylic acid groups (broad SMARTS) is 1. The Labute approximate surface area is 470 Å². The zero-order valence-electron chi connectivity index (χ0n) is 49.5. The quantitative estimate of drug-likeness (QED) is 0.0228. The minimum absolute atomic E-state index is 0.0650. The minimum atomic E-state index is -1.90. The van der Waals surface area contributed by atoms with Crippen molar-refractivity contribution in [2.24, 2.45) is 0 Å². The molecular formula is C65H116O12. The van der Waals surface area contributed by atoms with Crippen LogP contribution in [0, 0.1) is 0 Å². The van der Waals surface area contributed by atoms with Gasteiger partial charge in [0.05, 0.1) is 6.61 Å². The van der Waals surface area contributed by atoms with Crippen molar-refractivity contribution in [2.45, 2.75) is 340 Å². The van der Waals surface area contributed by atoms with Gasteiger partial charge in [-0.25, -0.2) is 4.79 Å². The Balaban J connectivity index is 2.66. The summed E-state index contributed by atoms with van der Waals surface area (Å²) in [7, 11) is 0. The molecule has 1 aliphatic rings. The molecule has 1 saturated heterocycles. The summed E-state index contributed by atoms with van der Waals surface area (Å²) in [5.74, 6) is -3.10. The Morgan fingerprint density at radius 3 is 1.21 bits per heavy atom. The number of aliphatic hydroxyl groups is 2. The third-order valence-corrected chi connectivity index (χ3v) is 14.7. The molecule has 0 bridgehead atoms. The van der Waals surface area contributed by atoms with Crippen LogP contribution in [0.1, 0.15) is 303 Å². The molecule has 12 nitrogen and oxygen atoms in total. The van der Waals surface area contributed by atoms with Crippen molar-refractivity contribution in [1.82, 2.24) is 0 Å². The van der Waals surface area contributed by atoms with Crippen LogP contribution in [0.5, 0.6) is 0 Å². The highest BCUT2D eigenvalue weighted by atomic mass is 16.7. The monoisotopic (exact) mass is 1090 g/mol. The Morgan fingerprint density at radius 1 is 0.429 bits per heavy atom. The van der Waals surface area contributed by atoms with Crippen LogP contribution in [0.3, 0.4) is 0 Å². The summed E-state index contributed by atoms with van der Waals surface area (Å²) in [5, 5.41) is 31.5. The average Bonchev–Trinajstić information content (AvgIpc) is 3.42. The zero-order chi connectivity index (χ0) is 56.1. The van der Waals surface area contributed by atoms with E-state index in [-0.39, 0.29) is 25.9 Å². The number of allylic oxidation sites excluding steroid dienone is 6. The zero-order valence-corrected chi connectivity index (χ0v) is 49.5. The van der Waals surface area contributed by atoms with E-state index in [1.807, 2.05) is 0 Å². The maximum Gasteiger partial charge on any atom is 0.335 e. The predicted octanol–water partition coefficient (Wildman–Crippen LogP) is 16.8. The molecule has 0 aromatic heterocycles. The number of esters is 3. The molecule has 0 amide bonds. The highest BCUT2D eigenvalue weighted by molar-refractivity contribution is 5.74. The van der Waals surface area contributed by atoms with Gasteiger partial charge in [0.15, 0.2) is 24.6 Å². The summed E-state index contributed by atoms with van der Waals surface area (Å²) in [6.07, 6.45) is 51.0. The summed E-state index contributed by atoms with van der Waals surface area (Å²) in [5.41, 5.74) is 0. The van der Waals surface area contributed by atoms with Crippen LogP contribution >= 0.6 is 0 Å². The maximum atomic E-state index is 13.2. The molecule has 1 aliphatic heterocycles. The van der Waals surface area contributed by atoms with E-state index in [1.165, 1.54) is 148 Å². The summed E-state index contributed by atoms with van der Waals surface area (Å²) in [6.45, 7) is 5.99. The topological polar surface area (TPSA) is 175 Å². The molecular weight excluding hydrogens is 973 g/mol. The lowest BCUT2D eigenvalue weighted by molar-refractivity contribution is -0.301. The normalized spacial score (nSPS) is 18.2. The average molecular weight is 1090 g/mol. The number of ether oxygens (including phenoxy) is 5. The number of unbranched alkanes of at least 4 members (excludes halogenated alkanes) is 35. The van der Waals surface area contributed by atoms with Gasteiger partial charge in [-0.2, -0.15) is 0 Å². The largest absolute Gasteiger partial charge is 0.479 e. The van der Waals surface area contributed by atoms with E-state index in [4.69, 9.17) is 23.7 Å². The molecule has 0 saturated carbocycles. The number of carbonyl (C=O) groups excluding carboxylic acids is 3. The SMILES string of the molecule is CCCCC/C=C\C/C=C\C/C=C\CCCCCCCCC(=O)OCC(COC1OC(C(=O)O)C(O)C(O)C1OC(=O)CCCCCCCCCCCCCCC)OC(=O)CCCCCCCCCCCCCCCCC. The van der Waals surface area contributed by atoms with Crippen LogP contribution < -0.4 is 0 Å². The molecule has 1 heterocycles. The van der Waals surface area contributed by atoms with E-state index in [1.54, 1.807) is 0 Å². The first-order valence-electron chi connectivity index (χ1n) is 32.0. The van der Waals surface area contributed by atoms with Crippen molar-refractivity contribution in [2.75, 3.05) is 13.2 Å². The first-order chi connectivity index (χ1) is 37.6. The van der Waals surface area contributed by atoms with Gasteiger partial charge in [-0.15, -0.1) is 0 Å². The van der Waals surface area contributed by atoms with Gasteiger partial charge in [0.25, 0.3) is 0 Å². The lowest BCUT2D eigenvalue weighted by atomic mass is 9.98. The Morgan fingerprint density at radius 2 is 0.779 bits per heavy atom. The maximum absolute atomic E-state index is 13.2. The van der Waals surface area contributed by atoms with Crippen molar-refractivity contribution in [3.8, 4) is 0 Å². The molecule has 12 heteroatoms. The number of carbonyl (C=O) groups is 4. The highest BCUT2D eigenvalue weighted by Crippen LogP contribution is 2.27. The molecule has 0 spiro atoms. The molecule has 1 rings (SSSR count). The van der Waals surface area contributed by atoms with Gasteiger partial charge in [-0.05, 0) is 57.8 Å². The van der Waals surface area contributed by atoms with Crippen molar-refractivity contribution >= 4 is 23.9 Å². The molecule has 1 fully saturated rings. The molecule has 0 radical (unpaired) electrons. The molecule has 3 N–H and O–H groups in total. The number of hydrogen-bond donors (Lipinski definition) is 3. The third-order valence-electron chi connectivity index (χ3n) is 14.7. The van der Waals surface area contributed by atoms with E-state index in [0.717, 1.165) is 96.3 Å². The Bertz CT molecular complexity index is 1480. The van der Waals surface area contributed by atoms with Gasteiger partial charge in [0.2, 0.25) is 0 Å². The highest BCUT2D eigenvalue weighted by Gasteiger charge is 2.50. The number of aliphatic hydroxyl groups excluding tert-OH is 2. The van der Waals surface area contributed by atoms with Crippen molar-refractivity contribution in [3.05, 3.63) is 36.5 Å². The lowest BCUT2D eigenvalue weighted by Gasteiger charge is -2.40.